The zero-order chi connectivity index (χ0) is 14.1. The van der Waals surface area contributed by atoms with Crippen molar-refractivity contribution in [3.05, 3.63) is 46.5 Å². The molecule has 0 unspecified atom stereocenters. The topological polar surface area (TPSA) is 83.8 Å². The van der Waals surface area contributed by atoms with Crippen molar-refractivity contribution >= 4 is 17.4 Å². The molecule has 0 aliphatic carbocycles. The Morgan fingerprint density at radius 3 is 3.00 bits per heavy atom. The van der Waals surface area contributed by atoms with Crippen LogP contribution in [0, 0.1) is 5.41 Å². The van der Waals surface area contributed by atoms with E-state index in [9.17, 15) is 0 Å². The van der Waals surface area contributed by atoms with Crippen LogP contribution >= 0.6 is 11.6 Å². The summed E-state index contributed by atoms with van der Waals surface area (Å²) in [4.78, 5) is 2.28. The van der Waals surface area contributed by atoms with Crippen LogP contribution in [-0.4, -0.2) is 32.0 Å². The smallest absolute Gasteiger partial charge is 0.147 e. The number of nitrogens with zero attached hydrogens (tertiary/aromatic N) is 4. The number of nitrogens with one attached hydrogen (secondary N) is 1. The normalized spacial score (nSPS) is 15.1. The molecule has 7 heteroatoms. The molecule has 0 fully saturated rings. The van der Waals surface area contributed by atoms with Gasteiger partial charge in [0.05, 0.1) is 6.54 Å². The first-order valence-electron chi connectivity index (χ1n) is 6.35. The van der Waals surface area contributed by atoms with Gasteiger partial charge in [-0.3, -0.25) is 10.3 Å². The van der Waals surface area contributed by atoms with Gasteiger partial charge in [-0.15, -0.1) is 10.2 Å². The van der Waals surface area contributed by atoms with Gasteiger partial charge in [-0.1, -0.05) is 23.7 Å². The summed E-state index contributed by atoms with van der Waals surface area (Å²) in [7, 11) is 0. The van der Waals surface area contributed by atoms with E-state index < -0.39 is 0 Å². The van der Waals surface area contributed by atoms with Crippen LogP contribution in [0.1, 0.15) is 17.0 Å². The maximum absolute atomic E-state index is 7.41. The van der Waals surface area contributed by atoms with Gasteiger partial charge in [-0.25, -0.2) is 0 Å². The number of nitrogen functional groups attached to an aromatic ring is 1. The summed E-state index contributed by atoms with van der Waals surface area (Å²) in [6.07, 6.45) is 1.77. The van der Waals surface area contributed by atoms with Crippen LogP contribution in [0.4, 0.5) is 0 Å². The Hall–Kier alpha value is -1.92. The molecule has 20 heavy (non-hydrogen) atoms. The van der Waals surface area contributed by atoms with E-state index in [0.29, 0.717) is 10.6 Å². The van der Waals surface area contributed by atoms with Crippen LogP contribution in [0.5, 0.6) is 0 Å². The molecular formula is C13H15ClN6. The van der Waals surface area contributed by atoms with Crippen LogP contribution in [0.2, 0.25) is 5.02 Å². The number of hydrogen-bond donors (Lipinski definition) is 2. The van der Waals surface area contributed by atoms with Crippen LogP contribution < -0.4 is 5.73 Å². The SMILES string of the molecule is N=C(N)c1ccc(CN2CCn3cnnc3C2)c(Cl)c1. The second kappa shape index (κ2) is 5.22. The molecular weight excluding hydrogens is 276 g/mol. The zero-order valence-electron chi connectivity index (χ0n) is 10.9. The van der Waals surface area contributed by atoms with E-state index >= 15 is 0 Å². The number of aromatic nitrogens is 3. The summed E-state index contributed by atoms with van der Waals surface area (Å²) in [6.45, 7) is 3.36. The number of rotatable bonds is 3. The summed E-state index contributed by atoms with van der Waals surface area (Å²) >= 11 is 6.26. The number of hydrogen-bond acceptors (Lipinski definition) is 4. The minimum absolute atomic E-state index is 0.0320. The molecule has 0 spiro atoms. The van der Waals surface area contributed by atoms with E-state index in [4.69, 9.17) is 22.7 Å². The highest BCUT2D eigenvalue weighted by atomic mass is 35.5. The molecule has 2 aromatic rings. The van der Waals surface area contributed by atoms with Gasteiger partial charge in [0.25, 0.3) is 0 Å². The molecule has 2 heterocycles. The molecule has 0 radical (unpaired) electrons. The van der Waals surface area contributed by atoms with Crippen molar-refractivity contribution in [2.24, 2.45) is 5.73 Å². The second-order valence-electron chi connectivity index (χ2n) is 4.87. The standard InChI is InChI=1S/C13H15ClN6/c14-11-5-9(13(15)16)1-2-10(11)6-19-3-4-20-8-17-18-12(20)7-19/h1-2,5,8H,3-4,6-7H2,(H3,15,16). The quantitative estimate of drug-likeness (QED) is 0.658. The van der Waals surface area contributed by atoms with Crippen molar-refractivity contribution in [1.29, 1.82) is 5.41 Å². The van der Waals surface area contributed by atoms with Crippen molar-refractivity contribution in [2.45, 2.75) is 19.6 Å². The molecule has 0 saturated carbocycles. The van der Waals surface area contributed by atoms with Gasteiger partial charge in [0.2, 0.25) is 0 Å². The molecule has 0 atom stereocenters. The van der Waals surface area contributed by atoms with Crippen LogP contribution in [0.25, 0.3) is 0 Å². The minimum Gasteiger partial charge on any atom is -0.384 e. The molecule has 1 aromatic carbocycles. The first-order valence-corrected chi connectivity index (χ1v) is 6.73. The maximum Gasteiger partial charge on any atom is 0.147 e. The molecule has 3 rings (SSSR count). The number of benzene rings is 1. The molecule has 104 valence electrons. The predicted molar refractivity (Wildman–Crippen MR) is 76.6 cm³/mol. The van der Waals surface area contributed by atoms with E-state index in [1.165, 1.54) is 0 Å². The summed E-state index contributed by atoms with van der Waals surface area (Å²) in [6, 6.07) is 5.50. The van der Waals surface area contributed by atoms with E-state index in [1.54, 1.807) is 12.4 Å². The summed E-state index contributed by atoms with van der Waals surface area (Å²) in [5, 5.41) is 16.1. The van der Waals surface area contributed by atoms with Crippen LogP contribution in [0.3, 0.4) is 0 Å². The van der Waals surface area contributed by atoms with Crippen LogP contribution in [-0.2, 0) is 19.6 Å². The third-order valence-electron chi connectivity index (χ3n) is 3.48. The highest BCUT2D eigenvalue weighted by molar-refractivity contribution is 6.31. The van der Waals surface area contributed by atoms with E-state index in [-0.39, 0.29) is 5.84 Å². The first-order chi connectivity index (χ1) is 9.63. The number of nitrogens with two attached hydrogens (primary N) is 1. The lowest BCUT2D eigenvalue weighted by molar-refractivity contribution is 0.209. The summed E-state index contributed by atoms with van der Waals surface area (Å²) in [5.41, 5.74) is 7.14. The lowest BCUT2D eigenvalue weighted by Gasteiger charge is -2.27. The molecule has 0 bridgehead atoms. The average molecular weight is 291 g/mol. The number of amidine groups is 1. The Bertz CT molecular complexity index is 650. The Kier molecular flexibility index (Phi) is 3.42. The van der Waals surface area contributed by atoms with E-state index in [0.717, 1.165) is 37.6 Å². The Morgan fingerprint density at radius 1 is 1.40 bits per heavy atom. The Morgan fingerprint density at radius 2 is 2.25 bits per heavy atom. The van der Waals surface area contributed by atoms with Crippen molar-refractivity contribution in [3.8, 4) is 0 Å². The van der Waals surface area contributed by atoms with Crippen molar-refractivity contribution < 1.29 is 0 Å². The van der Waals surface area contributed by atoms with Crippen molar-refractivity contribution in [3.63, 3.8) is 0 Å². The van der Waals surface area contributed by atoms with E-state index in [2.05, 4.69) is 19.7 Å². The third kappa shape index (κ3) is 2.52. The summed E-state index contributed by atoms with van der Waals surface area (Å²) < 4.78 is 2.07. The number of halogens is 1. The van der Waals surface area contributed by atoms with Gasteiger partial charge in [-0.2, -0.15) is 0 Å². The van der Waals surface area contributed by atoms with Crippen LogP contribution in [0.15, 0.2) is 24.5 Å². The van der Waals surface area contributed by atoms with Crippen molar-refractivity contribution in [1.82, 2.24) is 19.7 Å². The van der Waals surface area contributed by atoms with Gasteiger partial charge < -0.3 is 10.3 Å². The van der Waals surface area contributed by atoms with Gasteiger partial charge in [0, 0.05) is 30.2 Å². The van der Waals surface area contributed by atoms with Gasteiger partial charge in [-0.05, 0) is 11.6 Å². The van der Waals surface area contributed by atoms with E-state index in [1.807, 2.05) is 12.1 Å². The molecule has 1 aliphatic heterocycles. The monoisotopic (exact) mass is 290 g/mol. The molecule has 1 aliphatic rings. The second-order valence-corrected chi connectivity index (χ2v) is 5.28. The van der Waals surface area contributed by atoms with Gasteiger partial charge in [0.1, 0.15) is 18.0 Å². The molecule has 1 aromatic heterocycles. The minimum atomic E-state index is 0.0320. The Balaban J connectivity index is 1.74. The molecule has 0 amide bonds. The zero-order valence-corrected chi connectivity index (χ0v) is 11.6. The molecule has 0 saturated heterocycles. The van der Waals surface area contributed by atoms with Gasteiger partial charge in [0.15, 0.2) is 0 Å². The van der Waals surface area contributed by atoms with Crippen molar-refractivity contribution in [2.75, 3.05) is 6.54 Å². The average Bonchev–Trinajstić information content (AvgIpc) is 2.88. The predicted octanol–water partition coefficient (Wildman–Crippen LogP) is 1.23. The highest BCUT2D eigenvalue weighted by Gasteiger charge is 2.18. The first kappa shape index (κ1) is 13.1. The Labute approximate surface area is 121 Å². The number of fused-ring (bicyclic) bond motifs is 1. The summed E-state index contributed by atoms with van der Waals surface area (Å²) in [5.74, 6) is 1.01. The lowest BCUT2D eigenvalue weighted by Crippen LogP contribution is -2.33. The fourth-order valence-corrected chi connectivity index (χ4v) is 2.58. The fraction of sp³-hybridized carbons (Fsp3) is 0.308. The highest BCUT2D eigenvalue weighted by Crippen LogP contribution is 2.21. The fourth-order valence-electron chi connectivity index (χ4n) is 2.34. The lowest BCUT2D eigenvalue weighted by atomic mass is 10.1. The largest absolute Gasteiger partial charge is 0.384 e. The van der Waals surface area contributed by atoms with Gasteiger partial charge >= 0.3 is 0 Å². The molecule has 6 nitrogen and oxygen atoms in total. The molecule has 3 N–H and O–H groups in total. The third-order valence-corrected chi connectivity index (χ3v) is 3.83. The maximum atomic E-state index is 7.41.